The Morgan fingerprint density at radius 2 is 1.87 bits per heavy atom. The first kappa shape index (κ1) is 25.3. The van der Waals surface area contributed by atoms with Crippen LogP contribution in [0.2, 0.25) is 0 Å². The molecule has 6 rings (SSSR count). The van der Waals surface area contributed by atoms with Gasteiger partial charge in [-0.25, -0.2) is 14.1 Å². The van der Waals surface area contributed by atoms with Crippen molar-refractivity contribution in [2.24, 2.45) is 7.05 Å². The number of imide groups is 1. The van der Waals surface area contributed by atoms with Crippen LogP contribution in [-0.4, -0.2) is 50.1 Å². The quantitative estimate of drug-likeness (QED) is 0.461. The molecule has 1 spiro atoms. The third kappa shape index (κ3) is 4.60. The second-order valence-electron chi connectivity index (χ2n) is 10.8. The molecule has 1 saturated heterocycles. The van der Waals surface area contributed by atoms with E-state index < -0.39 is 17.6 Å². The summed E-state index contributed by atoms with van der Waals surface area (Å²) in [6.45, 7) is -0.0772. The summed E-state index contributed by atoms with van der Waals surface area (Å²) in [5.74, 6) is -1.13. The number of amides is 3. The lowest BCUT2D eigenvalue weighted by Crippen LogP contribution is -2.48. The van der Waals surface area contributed by atoms with Gasteiger partial charge in [0.2, 0.25) is 11.5 Å². The number of hydrogen-bond donors (Lipinski definition) is 0. The van der Waals surface area contributed by atoms with Gasteiger partial charge in [0.25, 0.3) is 5.91 Å². The topological polar surface area (TPSA) is 84.7 Å². The highest BCUT2D eigenvalue weighted by molar-refractivity contribution is 6.06. The predicted octanol–water partition coefficient (Wildman–Crippen LogP) is 4.71. The van der Waals surface area contributed by atoms with Gasteiger partial charge in [-0.3, -0.25) is 14.3 Å². The summed E-state index contributed by atoms with van der Waals surface area (Å²) in [5.41, 5.74) is 2.98. The summed E-state index contributed by atoms with van der Waals surface area (Å²) in [4.78, 5) is 43.2. The van der Waals surface area contributed by atoms with Crippen LogP contribution < -0.4 is 0 Å². The van der Waals surface area contributed by atoms with Gasteiger partial charge in [-0.2, -0.15) is 5.10 Å². The van der Waals surface area contributed by atoms with E-state index in [1.54, 1.807) is 27.9 Å². The maximum absolute atomic E-state index is 13.7. The Balaban J connectivity index is 1.23. The molecular formula is C30H31FN4O4. The number of aryl methyl sites for hydroxylation is 2. The number of carbonyl (C=O) groups excluding carboxylic acids is 3. The SMILES string of the molecule is Cn1cc(-c2ccc3c(c2)CC[C@@]32OC(=O)N(CC(=O)N(Cc3ccc(F)cc3)C3CCCCC3)C2=O)cn1. The molecule has 8 nitrogen and oxygen atoms in total. The minimum Gasteiger partial charge on any atom is -0.427 e. The van der Waals surface area contributed by atoms with Gasteiger partial charge in [0.15, 0.2) is 0 Å². The van der Waals surface area contributed by atoms with E-state index in [1.165, 1.54) is 12.1 Å². The van der Waals surface area contributed by atoms with E-state index in [4.69, 9.17) is 4.74 Å². The third-order valence-corrected chi connectivity index (χ3v) is 8.29. The van der Waals surface area contributed by atoms with Crippen molar-refractivity contribution in [3.8, 4) is 11.1 Å². The molecule has 2 fully saturated rings. The van der Waals surface area contributed by atoms with Crippen molar-refractivity contribution in [2.45, 2.75) is 63.1 Å². The lowest BCUT2D eigenvalue weighted by atomic mass is 9.93. The molecule has 0 N–H and O–H groups in total. The zero-order valence-corrected chi connectivity index (χ0v) is 21.9. The number of nitrogens with zero attached hydrogens (tertiary/aromatic N) is 4. The number of benzene rings is 2. The molecule has 2 heterocycles. The molecule has 0 bridgehead atoms. The Morgan fingerprint density at radius 1 is 1.10 bits per heavy atom. The second-order valence-corrected chi connectivity index (χ2v) is 10.8. The summed E-state index contributed by atoms with van der Waals surface area (Å²) in [6.07, 6.45) is 8.73. The van der Waals surface area contributed by atoms with Gasteiger partial charge in [0, 0.05) is 43.4 Å². The average molecular weight is 531 g/mol. The summed E-state index contributed by atoms with van der Waals surface area (Å²) >= 11 is 0. The molecule has 3 aliphatic rings. The monoisotopic (exact) mass is 530 g/mol. The van der Waals surface area contributed by atoms with Crippen LogP contribution in [0.15, 0.2) is 54.9 Å². The van der Waals surface area contributed by atoms with Crippen molar-refractivity contribution in [3.05, 3.63) is 77.4 Å². The highest BCUT2D eigenvalue weighted by atomic mass is 19.1. The highest BCUT2D eigenvalue weighted by Crippen LogP contribution is 2.46. The van der Waals surface area contributed by atoms with Gasteiger partial charge in [0.05, 0.1) is 6.20 Å². The van der Waals surface area contributed by atoms with Gasteiger partial charge < -0.3 is 9.64 Å². The highest BCUT2D eigenvalue weighted by Gasteiger charge is 2.58. The number of halogens is 1. The van der Waals surface area contributed by atoms with Crippen LogP contribution >= 0.6 is 0 Å². The summed E-state index contributed by atoms with van der Waals surface area (Å²) in [5, 5.41) is 4.23. The number of fused-ring (bicyclic) bond motifs is 2. The Labute approximate surface area is 226 Å². The fourth-order valence-electron chi connectivity index (χ4n) is 6.23. The molecule has 1 aromatic heterocycles. The molecule has 1 atom stereocenters. The molecule has 0 unspecified atom stereocenters. The van der Waals surface area contributed by atoms with Gasteiger partial charge in [-0.15, -0.1) is 0 Å². The number of carbonyl (C=O) groups is 3. The molecule has 0 radical (unpaired) electrons. The minimum atomic E-state index is -1.40. The number of rotatable bonds is 6. The van der Waals surface area contributed by atoms with Crippen molar-refractivity contribution in [3.63, 3.8) is 0 Å². The first-order valence-electron chi connectivity index (χ1n) is 13.6. The molecule has 2 aromatic carbocycles. The van der Waals surface area contributed by atoms with E-state index in [-0.39, 0.29) is 24.3 Å². The van der Waals surface area contributed by atoms with Crippen LogP contribution in [0, 0.1) is 5.82 Å². The van der Waals surface area contributed by atoms with Crippen molar-refractivity contribution in [1.82, 2.24) is 19.6 Å². The van der Waals surface area contributed by atoms with Crippen molar-refractivity contribution in [1.29, 1.82) is 0 Å². The lowest BCUT2D eigenvalue weighted by molar-refractivity contribution is -0.143. The molecule has 2 aliphatic carbocycles. The molecular weight excluding hydrogens is 499 g/mol. The van der Waals surface area contributed by atoms with E-state index in [1.807, 2.05) is 31.4 Å². The molecule has 3 amide bonds. The molecule has 1 saturated carbocycles. The fourth-order valence-corrected chi connectivity index (χ4v) is 6.23. The van der Waals surface area contributed by atoms with Crippen molar-refractivity contribution in [2.75, 3.05) is 6.54 Å². The molecule has 3 aromatic rings. The van der Waals surface area contributed by atoms with Crippen molar-refractivity contribution < 1.29 is 23.5 Å². The Bertz CT molecular complexity index is 1430. The molecule has 1 aliphatic heterocycles. The van der Waals surface area contributed by atoms with Crippen LogP contribution in [0.1, 0.15) is 55.2 Å². The summed E-state index contributed by atoms with van der Waals surface area (Å²) < 4.78 is 21.0. The van der Waals surface area contributed by atoms with Crippen LogP contribution in [-0.2, 0) is 39.9 Å². The molecule has 39 heavy (non-hydrogen) atoms. The predicted molar refractivity (Wildman–Crippen MR) is 141 cm³/mol. The van der Waals surface area contributed by atoms with E-state index in [2.05, 4.69) is 5.10 Å². The first-order chi connectivity index (χ1) is 18.8. The average Bonchev–Trinajstić information content (AvgIpc) is 3.61. The minimum absolute atomic E-state index is 0.0112. The van der Waals surface area contributed by atoms with Gasteiger partial charge in [-0.05, 0) is 48.1 Å². The maximum Gasteiger partial charge on any atom is 0.418 e. The van der Waals surface area contributed by atoms with E-state index in [0.29, 0.717) is 24.9 Å². The van der Waals surface area contributed by atoms with E-state index in [0.717, 1.165) is 59.3 Å². The van der Waals surface area contributed by atoms with Crippen LogP contribution in [0.3, 0.4) is 0 Å². The second kappa shape index (κ2) is 9.94. The largest absolute Gasteiger partial charge is 0.427 e. The molecule has 9 heteroatoms. The van der Waals surface area contributed by atoms with Crippen molar-refractivity contribution >= 4 is 17.9 Å². The van der Waals surface area contributed by atoms with Gasteiger partial charge >= 0.3 is 6.09 Å². The first-order valence-corrected chi connectivity index (χ1v) is 13.6. The smallest absolute Gasteiger partial charge is 0.418 e. The Hall–Kier alpha value is -4.01. The standard InChI is InChI=1S/C30H31FN4O4/c1-33-18-23(16-32-33)21-9-12-26-22(15-21)13-14-30(26)28(37)35(29(38)39-30)19-27(36)34(25-5-3-2-4-6-25)17-20-7-10-24(31)11-8-20/h7-12,15-16,18,25H,2-6,13-14,17,19H2,1H3/t30-/m1/s1. The van der Waals surface area contributed by atoms with Gasteiger partial charge in [-0.1, -0.05) is 49.6 Å². The number of hydrogen-bond acceptors (Lipinski definition) is 5. The normalized spacial score (nSPS) is 20.9. The van der Waals surface area contributed by atoms with Crippen LogP contribution in [0.5, 0.6) is 0 Å². The van der Waals surface area contributed by atoms with Crippen LogP contribution in [0.25, 0.3) is 11.1 Å². The van der Waals surface area contributed by atoms with Crippen LogP contribution in [0.4, 0.5) is 9.18 Å². The lowest BCUT2D eigenvalue weighted by Gasteiger charge is -2.35. The zero-order chi connectivity index (χ0) is 27.1. The summed E-state index contributed by atoms with van der Waals surface area (Å²) in [7, 11) is 1.85. The zero-order valence-electron chi connectivity index (χ0n) is 21.9. The Kier molecular flexibility index (Phi) is 6.45. The maximum atomic E-state index is 13.7. The van der Waals surface area contributed by atoms with Gasteiger partial charge in [0.1, 0.15) is 12.4 Å². The summed E-state index contributed by atoms with van der Waals surface area (Å²) in [6, 6.07) is 11.9. The number of aromatic nitrogens is 2. The number of ether oxygens (including phenoxy) is 1. The van der Waals surface area contributed by atoms with E-state index in [9.17, 15) is 18.8 Å². The Morgan fingerprint density at radius 3 is 2.59 bits per heavy atom. The fraction of sp³-hybridized carbons (Fsp3) is 0.400. The third-order valence-electron chi connectivity index (χ3n) is 8.29. The van der Waals surface area contributed by atoms with E-state index >= 15 is 0 Å². The molecule has 202 valence electrons.